The average Bonchev–Trinajstić information content (AvgIpc) is 2.82. The highest BCUT2D eigenvalue weighted by Gasteiger charge is 2.26. The van der Waals surface area contributed by atoms with Gasteiger partial charge in [-0.15, -0.1) is 0 Å². The molecule has 0 aromatic heterocycles. The first-order chi connectivity index (χ1) is 8.65. The first-order valence-corrected chi connectivity index (χ1v) is 7.65. The highest BCUT2D eigenvalue weighted by molar-refractivity contribution is 7.99. The summed E-state index contributed by atoms with van der Waals surface area (Å²) in [6.45, 7) is 1.37. The van der Waals surface area contributed by atoms with E-state index < -0.39 is 5.97 Å². The molecule has 102 valence electrons. The number of piperidine rings is 1. The number of rotatable bonds is 3. The summed E-state index contributed by atoms with van der Waals surface area (Å²) < 4.78 is 0. The zero-order valence-electron chi connectivity index (χ0n) is 10.4. The van der Waals surface area contributed by atoms with Crippen LogP contribution in [-0.2, 0) is 4.79 Å². The van der Waals surface area contributed by atoms with Crippen molar-refractivity contribution in [3.8, 4) is 0 Å². The molecule has 2 saturated heterocycles. The maximum atomic E-state index is 12.0. The van der Waals surface area contributed by atoms with Gasteiger partial charge in [-0.3, -0.25) is 4.79 Å². The second-order valence-electron chi connectivity index (χ2n) is 5.04. The highest BCUT2D eigenvalue weighted by Crippen LogP contribution is 2.21. The van der Waals surface area contributed by atoms with E-state index >= 15 is 0 Å². The van der Waals surface area contributed by atoms with Gasteiger partial charge in [0.2, 0.25) is 0 Å². The van der Waals surface area contributed by atoms with Crippen LogP contribution in [0.15, 0.2) is 0 Å². The lowest BCUT2D eigenvalue weighted by Crippen LogP contribution is -2.48. The van der Waals surface area contributed by atoms with Crippen molar-refractivity contribution in [2.24, 2.45) is 5.92 Å². The zero-order chi connectivity index (χ0) is 13.0. The molecule has 0 radical (unpaired) electrons. The average molecular weight is 272 g/mol. The predicted octanol–water partition coefficient (Wildman–Crippen LogP) is 1.39. The molecule has 0 aromatic rings. The Kier molecular flexibility index (Phi) is 4.74. The monoisotopic (exact) mass is 272 g/mol. The molecule has 6 heteroatoms. The molecule has 2 heterocycles. The first kappa shape index (κ1) is 13.5. The topological polar surface area (TPSA) is 69.6 Å². The first-order valence-electron chi connectivity index (χ1n) is 6.50. The third kappa shape index (κ3) is 3.80. The number of nitrogens with one attached hydrogen (secondary N) is 1. The van der Waals surface area contributed by atoms with Gasteiger partial charge in [0.05, 0.1) is 0 Å². The molecule has 2 aliphatic rings. The fourth-order valence-corrected chi connectivity index (χ4v) is 3.65. The summed E-state index contributed by atoms with van der Waals surface area (Å²) in [5.41, 5.74) is 0. The Labute approximate surface area is 111 Å². The summed E-state index contributed by atoms with van der Waals surface area (Å²) in [5.74, 6) is 1.64. The molecular formula is C12H20N2O3S. The Hall–Kier alpha value is -0.910. The number of thioether (sulfide) groups is 1. The van der Waals surface area contributed by atoms with Crippen molar-refractivity contribution in [2.45, 2.75) is 31.7 Å². The number of urea groups is 1. The van der Waals surface area contributed by atoms with Crippen molar-refractivity contribution in [3.63, 3.8) is 0 Å². The number of hydrogen-bond acceptors (Lipinski definition) is 3. The SMILES string of the molecule is O=C(O)CC1CCN(C(=O)NC2CCSC2)CC1. The van der Waals surface area contributed by atoms with E-state index in [-0.39, 0.29) is 18.4 Å². The Balaban J connectivity index is 1.71. The van der Waals surface area contributed by atoms with Crippen LogP contribution in [0.1, 0.15) is 25.7 Å². The molecule has 0 spiro atoms. The van der Waals surface area contributed by atoms with E-state index in [9.17, 15) is 9.59 Å². The summed E-state index contributed by atoms with van der Waals surface area (Å²) in [6.07, 6.45) is 2.90. The largest absolute Gasteiger partial charge is 0.481 e. The molecule has 0 aliphatic carbocycles. The van der Waals surface area contributed by atoms with E-state index in [1.54, 1.807) is 0 Å². The van der Waals surface area contributed by atoms with E-state index in [0.717, 1.165) is 30.8 Å². The second-order valence-corrected chi connectivity index (χ2v) is 6.19. The van der Waals surface area contributed by atoms with Crippen molar-refractivity contribution < 1.29 is 14.7 Å². The summed E-state index contributed by atoms with van der Waals surface area (Å²) in [5, 5.41) is 11.8. The molecule has 2 N–H and O–H groups in total. The van der Waals surface area contributed by atoms with Gasteiger partial charge >= 0.3 is 12.0 Å². The van der Waals surface area contributed by atoms with Gasteiger partial charge in [-0.05, 0) is 30.9 Å². The van der Waals surface area contributed by atoms with E-state index in [1.807, 2.05) is 16.7 Å². The molecule has 2 amide bonds. The Morgan fingerprint density at radius 1 is 1.28 bits per heavy atom. The molecule has 2 aliphatic heterocycles. The Morgan fingerprint density at radius 3 is 2.56 bits per heavy atom. The second kappa shape index (κ2) is 6.31. The third-order valence-electron chi connectivity index (χ3n) is 3.62. The maximum absolute atomic E-state index is 12.0. The van der Waals surface area contributed by atoms with Crippen molar-refractivity contribution in [1.82, 2.24) is 10.2 Å². The van der Waals surface area contributed by atoms with Gasteiger partial charge in [-0.25, -0.2) is 4.79 Å². The minimum absolute atomic E-state index is 0.0243. The molecule has 5 nitrogen and oxygen atoms in total. The van der Waals surface area contributed by atoms with E-state index in [1.165, 1.54) is 0 Å². The summed E-state index contributed by atoms with van der Waals surface area (Å²) in [7, 11) is 0. The fourth-order valence-electron chi connectivity index (χ4n) is 2.50. The van der Waals surface area contributed by atoms with Gasteiger partial charge in [-0.2, -0.15) is 11.8 Å². The van der Waals surface area contributed by atoms with Gasteiger partial charge in [-0.1, -0.05) is 0 Å². The fraction of sp³-hybridized carbons (Fsp3) is 0.833. The molecule has 18 heavy (non-hydrogen) atoms. The van der Waals surface area contributed by atoms with Crippen molar-refractivity contribution in [3.05, 3.63) is 0 Å². The smallest absolute Gasteiger partial charge is 0.317 e. The number of amides is 2. The van der Waals surface area contributed by atoms with Gasteiger partial charge < -0.3 is 15.3 Å². The number of nitrogens with zero attached hydrogens (tertiary/aromatic N) is 1. The predicted molar refractivity (Wildman–Crippen MR) is 70.8 cm³/mol. The summed E-state index contributed by atoms with van der Waals surface area (Å²) in [4.78, 5) is 24.4. The van der Waals surface area contributed by atoms with Crippen LogP contribution in [0.2, 0.25) is 0 Å². The van der Waals surface area contributed by atoms with Crippen LogP contribution in [0, 0.1) is 5.92 Å². The van der Waals surface area contributed by atoms with E-state index in [0.29, 0.717) is 19.1 Å². The van der Waals surface area contributed by atoms with Crippen molar-refractivity contribution in [1.29, 1.82) is 0 Å². The van der Waals surface area contributed by atoms with Gasteiger partial charge in [0.1, 0.15) is 0 Å². The minimum atomic E-state index is -0.735. The minimum Gasteiger partial charge on any atom is -0.481 e. The maximum Gasteiger partial charge on any atom is 0.317 e. The molecular weight excluding hydrogens is 252 g/mol. The van der Waals surface area contributed by atoms with Crippen LogP contribution in [0.5, 0.6) is 0 Å². The molecule has 2 fully saturated rings. The van der Waals surface area contributed by atoms with E-state index in [2.05, 4.69) is 5.32 Å². The lowest BCUT2D eigenvalue weighted by atomic mass is 9.94. The van der Waals surface area contributed by atoms with Crippen LogP contribution < -0.4 is 5.32 Å². The molecule has 0 bridgehead atoms. The van der Waals surface area contributed by atoms with Gasteiger partial charge in [0, 0.05) is 31.3 Å². The lowest BCUT2D eigenvalue weighted by Gasteiger charge is -2.32. The van der Waals surface area contributed by atoms with Crippen molar-refractivity contribution >= 4 is 23.8 Å². The number of carboxylic acids is 1. The molecule has 2 rings (SSSR count). The summed E-state index contributed by atoms with van der Waals surface area (Å²) >= 11 is 1.88. The van der Waals surface area contributed by atoms with Crippen LogP contribution >= 0.6 is 11.8 Å². The number of hydrogen-bond donors (Lipinski definition) is 2. The van der Waals surface area contributed by atoms with Crippen molar-refractivity contribution in [2.75, 3.05) is 24.6 Å². The quantitative estimate of drug-likeness (QED) is 0.814. The van der Waals surface area contributed by atoms with Crippen LogP contribution in [0.4, 0.5) is 4.79 Å². The third-order valence-corrected chi connectivity index (χ3v) is 4.78. The van der Waals surface area contributed by atoms with E-state index in [4.69, 9.17) is 5.11 Å². The molecule has 0 saturated carbocycles. The molecule has 0 aromatic carbocycles. The number of likely N-dealkylation sites (tertiary alicyclic amines) is 1. The van der Waals surface area contributed by atoms with Gasteiger partial charge in [0.25, 0.3) is 0 Å². The normalized spacial score (nSPS) is 25.1. The Bertz CT molecular complexity index is 310. The number of carboxylic acid groups (broad SMARTS) is 1. The number of carbonyl (C=O) groups excluding carboxylic acids is 1. The van der Waals surface area contributed by atoms with Crippen LogP contribution in [-0.4, -0.2) is 52.6 Å². The lowest BCUT2D eigenvalue weighted by molar-refractivity contribution is -0.138. The molecule has 1 unspecified atom stereocenters. The zero-order valence-corrected chi connectivity index (χ0v) is 11.2. The number of carbonyl (C=O) groups is 2. The Morgan fingerprint density at radius 2 is 2.00 bits per heavy atom. The van der Waals surface area contributed by atoms with Gasteiger partial charge in [0.15, 0.2) is 0 Å². The highest BCUT2D eigenvalue weighted by atomic mass is 32.2. The number of aliphatic carboxylic acids is 1. The standard InChI is InChI=1S/C12H20N2O3S/c15-11(16)7-9-1-4-14(5-2-9)12(17)13-10-3-6-18-8-10/h9-10H,1-8H2,(H,13,17)(H,15,16). The van der Waals surface area contributed by atoms with Crippen LogP contribution in [0.25, 0.3) is 0 Å². The summed E-state index contributed by atoms with van der Waals surface area (Å²) in [6, 6.07) is 0.343. The molecule has 1 atom stereocenters. The van der Waals surface area contributed by atoms with Crippen LogP contribution in [0.3, 0.4) is 0 Å².